The quantitative estimate of drug-likeness (QED) is 0.183. The molecule has 1 aromatic carbocycles. The fraction of sp³-hybridized carbons (Fsp3) is 0.455. The van der Waals surface area contributed by atoms with Crippen LogP contribution < -0.4 is 27.8 Å². The van der Waals surface area contributed by atoms with Gasteiger partial charge in [0.1, 0.15) is 12.1 Å². The Bertz CT molecular complexity index is 975. The van der Waals surface area contributed by atoms with Crippen LogP contribution in [-0.2, 0) is 25.6 Å². The van der Waals surface area contributed by atoms with Crippen LogP contribution in [0, 0.1) is 0 Å². The summed E-state index contributed by atoms with van der Waals surface area (Å²) >= 11 is 0. The molecule has 0 aliphatic carbocycles. The third-order valence-corrected chi connectivity index (χ3v) is 5.33. The molecular weight excluding hydrogens is 428 g/mol. The third kappa shape index (κ3) is 7.88. The van der Waals surface area contributed by atoms with Crippen molar-refractivity contribution < 1.29 is 24.3 Å². The molecule has 0 fully saturated rings. The molecule has 11 nitrogen and oxygen atoms in total. The highest BCUT2D eigenvalue weighted by molar-refractivity contribution is 5.93. The molecule has 1 heterocycles. The number of carboxylic acid groups (broad SMARTS) is 1. The molecule has 180 valence electrons. The molecule has 3 amide bonds. The molecule has 3 atom stereocenters. The van der Waals surface area contributed by atoms with Crippen LogP contribution in [0.2, 0.25) is 0 Å². The Morgan fingerprint density at radius 2 is 1.70 bits per heavy atom. The first-order chi connectivity index (χ1) is 15.7. The molecule has 10 N–H and O–H groups in total. The number of unbranched alkanes of at least 4 members (excludes halogenated alkanes) is 1. The van der Waals surface area contributed by atoms with Gasteiger partial charge in [-0.25, -0.2) is 4.79 Å². The summed E-state index contributed by atoms with van der Waals surface area (Å²) in [5.41, 5.74) is 18.0. The number of carboxylic acids is 1. The summed E-state index contributed by atoms with van der Waals surface area (Å²) in [5, 5.41) is 15.5. The van der Waals surface area contributed by atoms with Gasteiger partial charge in [0.05, 0.1) is 6.04 Å². The number of amides is 3. The third-order valence-electron chi connectivity index (χ3n) is 5.33. The fourth-order valence-electron chi connectivity index (χ4n) is 3.46. The topological polar surface area (TPSA) is 206 Å². The molecule has 0 bridgehead atoms. The maximum Gasteiger partial charge on any atom is 0.326 e. The highest BCUT2D eigenvalue weighted by Crippen LogP contribution is 2.19. The summed E-state index contributed by atoms with van der Waals surface area (Å²) in [4.78, 5) is 51.3. The summed E-state index contributed by atoms with van der Waals surface area (Å²) < 4.78 is 0. The number of aromatic amines is 1. The van der Waals surface area contributed by atoms with Gasteiger partial charge in [-0.1, -0.05) is 18.2 Å². The monoisotopic (exact) mass is 460 g/mol. The number of rotatable bonds is 14. The van der Waals surface area contributed by atoms with Crippen molar-refractivity contribution >= 4 is 34.6 Å². The van der Waals surface area contributed by atoms with Crippen LogP contribution in [-0.4, -0.2) is 58.5 Å². The molecular formula is C22H32N6O5. The van der Waals surface area contributed by atoms with Gasteiger partial charge in [0.15, 0.2) is 0 Å². The zero-order valence-corrected chi connectivity index (χ0v) is 18.4. The first-order valence-corrected chi connectivity index (χ1v) is 10.9. The van der Waals surface area contributed by atoms with E-state index < -0.39 is 41.8 Å². The maximum absolute atomic E-state index is 13.0. The van der Waals surface area contributed by atoms with Gasteiger partial charge in [-0.05, 0) is 43.9 Å². The van der Waals surface area contributed by atoms with E-state index in [0.717, 1.165) is 16.5 Å². The molecule has 1 aromatic heterocycles. The van der Waals surface area contributed by atoms with Crippen molar-refractivity contribution in [1.29, 1.82) is 0 Å². The number of benzene rings is 1. The van der Waals surface area contributed by atoms with Crippen LogP contribution >= 0.6 is 0 Å². The number of aromatic nitrogens is 1. The van der Waals surface area contributed by atoms with Gasteiger partial charge in [-0.15, -0.1) is 0 Å². The average molecular weight is 461 g/mol. The maximum atomic E-state index is 13.0. The van der Waals surface area contributed by atoms with Crippen molar-refractivity contribution in [2.45, 2.75) is 56.7 Å². The van der Waals surface area contributed by atoms with E-state index in [1.54, 1.807) is 6.20 Å². The molecule has 0 unspecified atom stereocenters. The number of aliphatic carboxylic acids is 1. The summed E-state index contributed by atoms with van der Waals surface area (Å²) in [6.07, 6.45) is 3.17. The first-order valence-electron chi connectivity index (χ1n) is 10.9. The Morgan fingerprint density at radius 3 is 2.36 bits per heavy atom. The van der Waals surface area contributed by atoms with Gasteiger partial charge in [0, 0.05) is 29.9 Å². The predicted octanol–water partition coefficient (Wildman–Crippen LogP) is -0.514. The number of carbonyl (C=O) groups is 4. The SMILES string of the molecule is NCCCC[C@H](NC(=O)[C@H](Cc1c[nH]c2ccccc12)NC(=O)[C@@H](N)CCC(N)=O)C(=O)O. The van der Waals surface area contributed by atoms with E-state index in [1.165, 1.54) is 0 Å². The second kappa shape index (κ2) is 12.6. The van der Waals surface area contributed by atoms with Crippen molar-refractivity contribution in [1.82, 2.24) is 15.6 Å². The first kappa shape index (κ1) is 25.8. The number of nitrogens with two attached hydrogens (primary N) is 3. The van der Waals surface area contributed by atoms with E-state index in [9.17, 15) is 24.3 Å². The van der Waals surface area contributed by atoms with E-state index in [0.29, 0.717) is 19.4 Å². The minimum Gasteiger partial charge on any atom is -0.480 e. The van der Waals surface area contributed by atoms with E-state index in [2.05, 4.69) is 15.6 Å². The Morgan fingerprint density at radius 1 is 1.00 bits per heavy atom. The minimum atomic E-state index is -1.17. The number of para-hydroxylation sites is 1. The van der Waals surface area contributed by atoms with Crippen molar-refractivity contribution in [2.24, 2.45) is 17.2 Å². The normalized spacial score (nSPS) is 13.8. The molecule has 11 heteroatoms. The van der Waals surface area contributed by atoms with Crippen LogP contribution in [0.15, 0.2) is 30.5 Å². The predicted molar refractivity (Wildman–Crippen MR) is 123 cm³/mol. The fourth-order valence-corrected chi connectivity index (χ4v) is 3.46. The highest BCUT2D eigenvalue weighted by Gasteiger charge is 2.28. The Labute approximate surface area is 191 Å². The summed E-state index contributed by atoms with van der Waals surface area (Å²) in [7, 11) is 0. The molecule has 0 saturated heterocycles. The van der Waals surface area contributed by atoms with Gasteiger partial charge in [-0.2, -0.15) is 0 Å². The summed E-state index contributed by atoms with van der Waals surface area (Å²) in [5.74, 6) is -3.04. The average Bonchev–Trinajstić information content (AvgIpc) is 3.18. The Hall–Kier alpha value is -3.44. The lowest BCUT2D eigenvalue weighted by Gasteiger charge is -2.23. The van der Waals surface area contributed by atoms with Crippen LogP contribution in [0.4, 0.5) is 0 Å². The lowest BCUT2D eigenvalue weighted by Crippen LogP contribution is -2.55. The van der Waals surface area contributed by atoms with Crippen molar-refractivity contribution in [3.8, 4) is 0 Å². The largest absolute Gasteiger partial charge is 0.480 e. The van der Waals surface area contributed by atoms with Gasteiger partial charge in [0.2, 0.25) is 17.7 Å². The number of nitrogens with one attached hydrogen (secondary N) is 3. The van der Waals surface area contributed by atoms with Crippen LogP contribution in [0.25, 0.3) is 10.9 Å². The molecule has 2 aromatic rings. The molecule has 0 saturated carbocycles. The van der Waals surface area contributed by atoms with Crippen LogP contribution in [0.5, 0.6) is 0 Å². The minimum absolute atomic E-state index is 0.0272. The number of fused-ring (bicyclic) bond motifs is 1. The van der Waals surface area contributed by atoms with Gasteiger partial charge in [0.25, 0.3) is 0 Å². The van der Waals surface area contributed by atoms with E-state index in [1.807, 2.05) is 24.3 Å². The molecule has 33 heavy (non-hydrogen) atoms. The van der Waals surface area contributed by atoms with E-state index in [4.69, 9.17) is 17.2 Å². The number of hydrogen-bond donors (Lipinski definition) is 7. The molecule has 0 spiro atoms. The van der Waals surface area contributed by atoms with Crippen LogP contribution in [0.1, 0.15) is 37.7 Å². The zero-order chi connectivity index (χ0) is 24.4. The lowest BCUT2D eigenvalue weighted by molar-refractivity contribution is -0.142. The van der Waals surface area contributed by atoms with Crippen molar-refractivity contribution in [2.75, 3.05) is 6.54 Å². The van der Waals surface area contributed by atoms with Gasteiger partial charge in [-0.3, -0.25) is 14.4 Å². The standard InChI is InChI=1S/C22H32N6O5/c23-10-4-3-7-17(22(32)33)27-21(31)18(28-20(30)15(24)8-9-19(25)29)11-13-12-26-16-6-2-1-5-14(13)16/h1-2,5-6,12,15,17-18,26H,3-4,7-11,23-24H2,(H2,25,29)(H,27,31)(H,28,30)(H,32,33)/t15-,17-,18-/m0/s1. The summed E-state index contributed by atoms with van der Waals surface area (Å²) in [6, 6.07) is 4.24. The Balaban J connectivity index is 2.19. The summed E-state index contributed by atoms with van der Waals surface area (Å²) in [6.45, 7) is 0.419. The molecule has 0 radical (unpaired) electrons. The second-order valence-electron chi connectivity index (χ2n) is 7.92. The number of hydrogen-bond acceptors (Lipinski definition) is 6. The second-order valence-corrected chi connectivity index (χ2v) is 7.92. The van der Waals surface area contributed by atoms with E-state index >= 15 is 0 Å². The Kier molecular flexibility index (Phi) is 9.83. The lowest BCUT2D eigenvalue weighted by atomic mass is 10.0. The molecule has 0 aliphatic rings. The molecule has 0 aliphatic heterocycles. The van der Waals surface area contributed by atoms with Crippen molar-refractivity contribution in [3.05, 3.63) is 36.0 Å². The smallest absolute Gasteiger partial charge is 0.326 e. The van der Waals surface area contributed by atoms with Gasteiger partial charge >= 0.3 is 5.97 Å². The van der Waals surface area contributed by atoms with E-state index in [-0.39, 0.29) is 25.7 Å². The van der Waals surface area contributed by atoms with Gasteiger partial charge < -0.3 is 37.9 Å². The molecule has 2 rings (SSSR count). The number of H-pyrrole nitrogens is 1. The zero-order valence-electron chi connectivity index (χ0n) is 18.4. The number of carbonyl (C=O) groups excluding carboxylic acids is 3. The highest BCUT2D eigenvalue weighted by atomic mass is 16.4. The number of primary amides is 1. The van der Waals surface area contributed by atoms with Crippen molar-refractivity contribution in [3.63, 3.8) is 0 Å². The van der Waals surface area contributed by atoms with Crippen LogP contribution in [0.3, 0.4) is 0 Å².